The van der Waals surface area contributed by atoms with Gasteiger partial charge in [-0.25, -0.2) is 4.98 Å². The van der Waals surface area contributed by atoms with E-state index in [0.29, 0.717) is 21.9 Å². The number of halogens is 1. The molecule has 1 unspecified atom stereocenters. The molecule has 1 rings (SSSR count). The lowest BCUT2D eigenvalue weighted by Crippen LogP contribution is -2.22. The summed E-state index contributed by atoms with van der Waals surface area (Å²) >= 11 is 2.07. The number of ether oxygens (including phenoxy) is 1. The number of aromatic nitrogens is 2. The van der Waals surface area contributed by atoms with Crippen molar-refractivity contribution in [3.8, 4) is 0 Å². The lowest BCUT2D eigenvalue weighted by atomic mass is 10.1. The zero-order chi connectivity index (χ0) is 14.4. The van der Waals surface area contributed by atoms with E-state index < -0.39 is 0 Å². The first kappa shape index (κ1) is 16.6. The van der Waals surface area contributed by atoms with Crippen molar-refractivity contribution in [2.45, 2.75) is 53.1 Å². The van der Waals surface area contributed by atoms with Gasteiger partial charge in [0.15, 0.2) is 0 Å². The second-order valence-corrected chi connectivity index (χ2v) is 6.12. The van der Waals surface area contributed by atoms with Gasteiger partial charge in [0.1, 0.15) is 11.9 Å². The molecule has 0 radical (unpaired) electrons. The Labute approximate surface area is 128 Å². The zero-order valence-corrected chi connectivity index (χ0v) is 14.3. The van der Waals surface area contributed by atoms with Gasteiger partial charge in [-0.1, -0.05) is 27.2 Å². The molecule has 1 aromatic rings. The minimum absolute atomic E-state index is 0.0537. The number of aromatic amines is 1. The summed E-state index contributed by atoms with van der Waals surface area (Å²) in [5.41, 5.74) is 0.831. The maximum atomic E-state index is 12.0. The summed E-state index contributed by atoms with van der Waals surface area (Å²) in [5.74, 6) is 1.15. The van der Waals surface area contributed by atoms with Gasteiger partial charge in [0, 0.05) is 6.61 Å². The first-order valence-corrected chi connectivity index (χ1v) is 7.97. The molecule has 0 aromatic carbocycles. The fourth-order valence-corrected chi connectivity index (χ4v) is 2.44. The normalized spacial score (nSPS) is 12.9. The highest BCUT2D eigenvalue weighted by Crippen LogP contribution is 2.20. The molecule has 0 saturated heterocycles. The smallest absolute Gasteiger partial charge is 0.264 e. The standard InChI is InChI=1S/C14H23IN2O2/c1-5-7-11(19-6-2)13-16-10(8-9(3)4)12(15)14(18)17-13/h9,11H,5-8H2,1-4H3,(H,16,17,18). The Morgan fingerprint density at radius 1 is 1.37 bits per heavy atom. The quantitative estimate of drug-likeness (QED) is 0.740. The predicted molar refractivity (Wildman–Crippen MR) is 85.4 cm³/mol. The van der Waals surface area contributed by atoms with E-state index in [2.05, 4.69) is 53.3 Å². The van der Waals surface area contributed by atoms with Crippen LogP contribution in [0.2, 0.25) is 0 Å². The van der Waals surface area contributed by atoms with Crippen molar-refractivity contribution in [1.82, 2.24) is 9.97 Å². The first-order valence-electron chi connectivity index (χ1n) is 6.89. The van der Waals surface area contributed by atoms with Gasteiger partial charge in [-0.3, -0.25) is 4.79 Å². The monoisotopic (exact) mass is 378 g/mol. The topological polar surface area (TPSA) is 55.0 Å². The molecule has 1 heterocycles. The van der Waals surface area contributed by atoms with E-state index in [0.717, 1.165) is 25.0 Å². The van der Waals surface area contributed by atoms with Crippen molar-refractivity contribution in [2.75, 3.05) is 6.61 Å². The van der Waals surface area contributed by atoms with Gasteiger partial charge in [0.25, 0.3) is 5.56 Å². The Morgan fingerprint density at radius 3 is 2.58 bits per heavy atom. The summed E-state index contributed by atoms with van der Waals surface area (Å²) < 4.78 is 6.38. The number of hydrogen-bond acceptors (Lipinski definition) is 3. The number of nitrogens with one attached hydrogen (secondary N) is 1. The van der Waals surface area contributed by atoms with E-state index in [4.69, 9.17) is 4.74 Å². The van der Waals surface area contributed by atoms with Gasteiger partial charge in [-0.05, 0) is 48.3 Å². The molecule has 0 aliphatic heterocycles. The summed E-state index contributed by atoms with van der Waals surface area (Å²) in [6.45, 7) is 8.95. The molecular formula is C14H23IN2O2. The number of nitrogens with zero attached hydrogens (tertiary/aromatic N) is 1. The van der Waals surface area contributed by atoms with E-state index in [1.807, 2.05) is 6.92 Å². The second kappa shape index (κ2) is 7.99. The van der Waals surface area contributed by atoms with Crippen LogP contribution in [-0.4, -0.2) is 16.6 Å². The van der Waals surface area contributed by atoms with E-state index in [1.165, 1.54) is 0 Å². The Kier molecular flexibility index (Phi) is 6.99. The molecule has 0 saturated carbocycles. The summed E-state index contributed by atoms with van der Waals surface area (Å²) in [6, 6.07) is 0. The minimum atomic E-state index is -0.106. The third-order valence-corrected chi connectivity index (χ3v) is 3.89. The fraction of sp³-hybridized carbons (Fsp3) is 0.714. The molecule has 0 aliphatic carbocycles. The van der Waals surface area contributed by atoms with Crippen LogP contribution < -0.4 is 5.56 Å². The molecule has 0 bridgehead atoms. The third kappa shape index (κ3) is 4.87. The van der Waals surface area contributed by atoms with E-state index in [9.17, 15) is 4.79 Å². The molecular weight excluding hydrogens is 355 g/mol. The van der Waals surface area contributed by atoms with Gasteiger partial charge < -0.3 is 9.72 Å². The summed E-state index contributed by atoms with van der Waals surface area (Å²) in [4.78, 5) is 19.5. The highest BCUT2D eigenvalue weighted by Gasteiger charge is 2.17. The van der Waals surface area contributed by atoms with Gasteiger partial charge in [0.2, 0.25) is 0 Å². The predicted octanol–water partition coefficient (Wildman–Crippen LogP) is 3.45. The first-order chi connectivity index (χ1) is 8.99. The van der Waals surface area contributed by atoms with E-state index in [1.54, 1.807) is 0 Å². The van der Waals surface area contributed by atoms with Crippen LogP contribution in [0, 0.1) is 9.49 Å². The molecule has 19 heavy (non-hydrogen) atoms. The largest absolute Gasteiger partial charge is 0.371 e. The van der Waals surface area contributed by atoms with Crippen LogP contribution in [0.3, 0.4) is 0 Å². The molecule has 0 spiro atoms. The molecule has 108 valence electrons. The Balaban J connectivity index is 3.12. The summed E-state index contributed by atoms with van der Waals surface area (Å²) in [7, 11) is 0. The van der Waals surface area contributed by atoms with Crippen molar-refractivity contribution in [2.24, 2.45) is 5.92 Å². The molecule has 0 fully saturated rings. The van der Waals surface area contributed by atoms with Gasteiger partial charge >= 0.3 is 0 Å². The molecule has 1 N–H and O–H groups in total. The summed E-state index contributed by atoms with van der Waals surface area (Å²) in [6.07, 6.45) is 2.59. The molecule has 0 amide bonds. The van der Waals surface area contributed by atoms with Crippen LogP contribution in [0.4, 0.5) is 0 Å². The third-order valence-electron chi connectivity index (χ3n) is 2.78. The Bertz CT molecular complexity index is 451. The van der Waals surface area contributed by atoms with Crippen molar-refractivity contribution < 1.29 is 4.74 Å². The van der Waals surface area contributed by atoms with Crippen LogP contribution in [0.1, 0.15) is 58.2 Å². The van der Waals surface area contributed by atoms with Crippen LogP contribution in [0.15, 0.2) is 4.79 Å². The highest BCUT2D eigenvalue weighted by molar-refractivity contribution is 14.1. The van der Waals surface area contributed by atoms with Crippen molar-refractivity contribution >= 4 is 22.6 Å². The molecule has 1 atom stereocenters. The van der Waals surface area contributed by atoms with Crippen LogP contribution in [-0.2, 0) is 11.2 Å². The Morgan fingerprint density at radius 2 is 2.05 bits per heavy atom. The lowest BCUT2D eigenvalue weighted by molar-refractivity contribution is 0.0489. The number of hydrogen-bond donors (Lipinski definition) is 1. The van der Waals surface area contributed by atoms with Gasteiger partial charge in [-0.15, -0.1) is 0 Å². The summed E-state index contributed by atoms with van der Waals surface area (Å²) in [5, 5.41) is 0. The van der Waals surface area contributed by atoms with E-state index in [-0.39, 0.29) is 11.7 Å². The fourth-order valence-electron chi connectivity index (χ4n) is 1.96. The number of H-pyrrole nitrogens is 1. The Hall–Kier alpha value is -0.430. The maximum Gasteiger partial charge on any atom is 0.264 e. The minimum Gasteiger partial charge on any atom is -0.371 e. The van der Waals surface area contributed by atoms with Crippen LogP contribution in [0.25, 0.3) is 0 Å². The SMILES string of the molecule is CCCC(OCC)c1nc(CC(C)C)c(I)c(=O)[nH]1. The number of rotatable bonds is 7. The van der Waals surface area contributed by atoms with Crippen molar-refractivity contribution in [3.63, 3.8) is 0 Å². The van der Waals surface area contributed by atoms with Crippen molar-refractivity contribution in [1.29, 1.82) is 0 Å². The highest BCUT2D eigenvalue weighted by atomic mass is 127. The van der Waals surface area contributed by atoms with Gasteiger partial charge in [-0.2, -0.15) is 0 Å². The van der Waals surface area contributed by atoms with E-state index >= 15 is 0 Å². The average molecular weight is 378 g/mol. The molecule has 5 heteroatoms. The maximum absolute atomic E-state index is 12.0. The van der Waals surface area contributed by atoms with Crippen LogP contribution in [0.5, 0.6) is 0 Å². The van der Waals surface area contributed by atoms with Crippen LogP contribution >= 0.6 is 22.6 Å². The van der Waals surface area contributed by atoms with Gasteiger partial charge in [0.05, 0.1) is 9.26 Å². The molecule has 0 aliphatic rings. The lowest BCUT2D eigenvalue weighted by Gasteiger charge is -2.17. The molecule has 4 nitrogen and oxygen atoms in total. The molecule has 1 aromatic heterocycles. The average Bonchev–Trinajstić information content (AvgIpc) is 2.34. The van der Waals surface area contributed by atoms with Crippen molar-refractivity contribution in [3.05, 3.63) is 25.4 Å². The zero-order valence-electron chi connectivity index (χ0n) is 12.1. The second-order valence-electron chi connectivity index (χ2n) is 5.04.